The van der Waals surface area contributed by atoms with Gasteiger partial charge in [-0.3, -0.25) is 39.2 Å². The fourth-order valence-corrected chi connectivity index (χ4v) is 11.3. The second-order valence-corrected chi connectivity index (χ2v) is 18.5. The van der Waals surface area contributed by atoms with Gasteiger partial charge < -0.3 is 0 Å². The van der Waals surface area contributed by atoms with E-state index in [2.05, 4.69) is 45.7 Å². The molecule has 10 rings (SSSR count). The number of benzene rings is 2. The lowest BCUT2D eigenvalue weighted by molar-refractivity contribution is -0.124. The summed E-state index contributed by atoms with van der Waals surface area (Å²) in [6.07, 6.45) is 5.21. The number of nitrogens with zero attached hydrogens (tertiary/aromatic N) is 8. The molecule has 314 valence electrons. The highest BCUT2D eigenvalue weighted by atomic mass is 32.1. The van der Waals surface area contributed by atoms with Crippen LogP contribution in [0.25, 0.3) is 11.1 Å². The molecule has 4 saturated heterocycles. The van der Waals surface area contributed by atoms with Gasteiger partial charge in [0.15, 0.2) is 0 Å². The normalized spacial score (nSPS) is 19.2. The number of urea groups is 2. The predicted octanol–water partition coefficient (Wildman–Crippen LogP) is 8.90. The average molecular weight is 863 g/mol. The van der Waals surface area contributed by atoms with Crippen molar-refractivity contribution in [2.24, 2.45) is 0 Å². The smallest absolute Gasteiger partial charge is 0.297 e. The van der Waals surface area contributed by atoms with E-state index in [1.54, 1.807) is 34.3 Å². The summed E-state index contributed by atoms with van der Waals surface area (Å²) in [5.74, 6) is -0.724. The number of pyridine rings is 2. The number of amides is 6. The first-order valence-corrected chi connectivity index (χ1v) is 22.8. The number of rotatable bonds is 9. The van der Waals surface area contributed by atoms with Crippen molar-refractivity contribution in [1.29, 1.82) is 0 Å². The molecule has 4 aromatic heterocycles. The summed E-state index contributed by atoms with van der Waals surface area (Å²) < 4.78 is 0. The summed E-state index contributed by atoms with van der Waals surface area (Å²) in [5, 5.41) is 5.16. The molecule has 14 heteroatoms. The van der Waals surface area contributed by atoms with Crippen LogP contribution in [0.4, 0.5) is 31.0 Å². The molecular weight excluding hydrogens is 817 g/mol. The molecule has 0 radical (unpaired) electrons. The third-order valence-electron chi connectivity index (χ3n) is 13.2. The SMILES string of the molecule is Cc1cccnc1CN1CCC2(CC1)C(=O)N(c1ccc(-c3ccccc3)cc1N1C(=O)N(c3cccs3)C3(CCN(Cc4ncccc4C)CC3)C1=O)C(=O)N2c1cccs1. The fraction of sp³-hybridized carbons (Fsp3) is 0.292. The van der Waals surface area contributed by atoms with E-state index >= 15 is 19.2 Å². The molecule has 6 amide bonds. The third-order valence-corrected chi connectivity index (χ3v) is 14.9. The van der Waals surface area contributed by atoms with Crippen molar-refractivity contribution < 1.29 is 19.2 Å². The highest BCUT2D eigenvalue weighted by molar-refractivity contribution is 7.14. The van der Waals surface area contributed by atoms with Crippen LogP contribution in [0, 0.1) is 13.8 Å². The van der Waals surface area contributed by atoms with Gasteiger partial charge in [-0.1, -0.05) is 48.5 Å². The minimum atomic E-state index is -1.18. The minimum absolute atomic E-state index is 0.206. The summed E-state index contributed by atoms with van der Waals surface area (Å²) in [4.78, 5) is 80.9. The van der Waals surface area contributed by atoms with E-state index in [-0.39, 0.29) is 23.2 Å². The average Bonchev–Trinajstić information content (AvgIpc) is 4.09. The van der Waals surface area contributed by atoms with Crippen LogP contribution < -0.4 is 19.6 Å². The number of aryl methyl sites for hydroxylation is 2. The van der Waals surface area contributed by atoms with Crippen molar-refractivity contribution in [1.82, 2.24) is 19.8 Å². The monoisotopic (exact) mass is 862 g/mol. The number of thiophene rings is 2. The van der Waals surface area contributed by atoms with Crippen LogP contribution >= 0.6 is 22.7 Å². The Labute approximate surface area is 368 Å². The van der Waals surface area contributed by atoms with Crippen molar-refractivity contribution in [3.63, 3.8) is 0 Å². The molecule has 2 aromatic carbocycles. The number of hydrogen-bond acceptors (Lipinski definition) is 10. The predicted molar refractivity (Wildman–Crippen MR) is 244 cm³/mol. The van der Waals surface area contributed by atoms with Crippen LogP contribution in [0.15, 0.2) is 120 Å². The van der Waals surface area contributed by atoms with E-state index in [0.717, 1.165) is 33.6 Å². The Morgan fingerprint density at radius 2 is 1.02 bits per heavy atom. The van der Waals surface area contributed by atoms with Gasteiger partial charge >= 0.3 is 12.1 Å². The van der Waals surface area contributed by atoms with Crippen molar-refractivity contribution in [3.05, 3.63) is 143 Å². The molecule has 4 aliphatic rings. The highest BCUT2D eigenvalue weighted by Gasteiger charge is 2.63. The number of piperidine rings is 2. The molecule has 62 heavy (non-hydrogen) atoms. The quantitative estimate of drug-likeness (QED) is 0.133. The van der Waals surface area contributed by atoms with Crippen LogP contribution in [-0.2, 0) is 22.7 Å². The molecule has 12 nitrogen and oxygen atoms in total. The van der Waals surface area contributed by atoms with Gasteiger partial charge in [0, 0.05) is 51.7 Å². The molecule has 4 aliphatic heterocycles. The summed E-state index contributed by atoms with van der Waals surface area (Å²) in [6, 6.07) is 29.6. The van der Waals surface area contributed by atoms with Crippen molar-refractivity contribution in [2.75, 3.05) is 45.8 Å². The summed E-state index contributed by atoms with van der Waals surface area (Å²) >= 11 is 2.82. The van der Waals surface area contributed by atoms with Crippen LogP contribution in [0.5, 0.6) is 0 Å². The van der Waals surface area contributed by atoms with Crippen molar-refractivity contribution in [3.8, 4) is 11.1 Å². The lowest BCUT2D eigenvalue weighted by atomic mass is 9.85. The van der Waals surface area contributed by atoms with Gasteiger partial charge in [0.1, 0.15) is 21.1 Å². The largest absolute Gasteiger partial charge is 0.337 e. The van der Waals surface area contributed by atoms with E-state index in [0.29, 0.717) is 75.0 Å². The van der Waals surface area contributed by atoms with Gasteiger partial charge in [-0.05, 0) is 121 Å². The molecular formula is C48H46N8O4S2. The van der Waals surface area contributed by atoms with Gasteiger partial charge in [0.2, 0.25) is 0 Å². The number of carbonyl (C=O) groups excluding carboxylic acids is 4. The van der Waals surface area contributed by atoms with Gasteiger partial charge in [0.25, 0.3) is 11.8 Å². The van der Waals surface area contributed by atoms with Gasteiger partial charge in [-0.25, -0.2) is 19.4 Å². The van der Waals surface area contributed by atoms with E-state index in [4.69, 9.17) is 0 Å². The molecule has 8 heterocycles. The molecule has 6 aromatic rings. The van der Waals surface area contributed by atoms with E-state index in [1.807, 2.05) is 83.6 Å². The molecule has 0 bridgehead atoms. The molecule has 0 saturated carbocycles. The van der Waals surface area contributed by atoms with E-state index in [9.17, 15) is 0 Å². The number of imide groups is 2. The number of likely N-dealkylation sites (tertiary alicyclic amines) is 2. The second-order valence-electron chi connectivity index (χ2n) is 16.6. The Bertz CT molecular complexity index is 2660. The Kier molecular flexibility index (Phi) is 10.3. The van der Waals surface area contributed by atoms with Crippen LogP contribution in [-0.4, -0.2) is 80.9 Å². The zero-order chi connectivity index (χ0) is 42.6. The Morgan fingerprint density at radius 1 is 0.532 bits per heavy atom. The molecule has 0 N–H and O–H groups in total. The number of carbonyl (C=O) groups is 4. The maximum Gasteiger partial charge on any atom is 0.337 e. The van der Waals surface area contributed by atoms with Crippen molar-refractivity contribution >= 4 is 67.9 Å². The Morgan fingerprint density at radius 3 is 1.47 bits per heavy atom. The molecule has 0 unspecified atom stereocenters. The molecule has 0 atom stereocenters. The Balaban J connectivity index is 1.04. The van der Waals surface area contributed by atoms with Gasteiger partial charge in [-0.2, -0.15) is 0 Å². The third kappa shape index (κ3) is 6.64. The first kappa shape index (κ1) is 40.0. The number of aromatic nitrogens is 2. The first-order valence-electron chi connectivity index (χ1n) is 21.1. The number of hydrogen-bond donors (Lipinski definition) is 0. The molecule has 0 aliphatic carbocycles. The fourth-order valence-electron chi connectivity index (χ4n) is 9.71. The van der Waals surface area contributed by atoms with E-state index in [1.165, 1.54) is 32.5 Å². The minimum Gasteiger partial charge on any atom is -0.297 e. The van der Waals surface area contributed by atoms with Crippen molar-refractivity contribution in [2.45, 2.75) is 63.7 Å². The summed E-state index contributed by atoms with van der Waals surface area (Å²) in [7, 11) is 0. The standard InChI is InChI=1S/C48H46N8O4S2/c1-33-10-6-22-49-37(33)31-51-24-18-47(19-25-51)43(57)53(45(59)55(47)41-14-8-28-61-41)39-17-16-36(35-12-4-3-5-13-35)30-40(39)54-44(58)48(56(46(54)60)42-15-9-29-62-42)20-26-52(27-21-48)32-38-34(2)11-7-23-50-38/h3-17,22-23,28-30H,18-21,24-27,31-32H2,1-2H3. The maximum absolute atomic E-state index is 15.5. The topological polar surface area (TPSA) is 113 Å². The first-order chi connectivity index (χ1) is 30.2. The Hall–Kier alpha value is -6.06. The highest BCUT2D eigenvalue weighted by Crippen LogP contribution is 2.50. The van der Waals surface area contributed by atoms with Gasteiger partial charge in [-0.15, -0.1) is 22.7 Å². The summed E-state index contributed by atoms with van der Waals surface area (Å²) in [5.41, 5.74) is 3.86. The zero-order valence-electron chi connectivity index (χ0n) is 34.6. The second kappa shape index (κ2) is 16.0. The summed E-state index contributed by atoms with van der Waals surface area (Å²) in [6.45, 7) is 7.66. The zero-order valence-corrected chi connectivity index (χ0v) is 36.3. The van der Waals surface area contributed by atoms with Crippen LogP contribution in [0.1, 0.15) is 48.2 Å². The number of anilines is 4. The maximum atomic E-state index is 15.5. The van der Waals surface area contributed by atoms with Gasteiger partial charge in [0.05, 0.1) is 22.8 Å². The lowest BCUT2D eigenvalue weighted by Crippen LogP contribution is -2.56. The van der Waals surface area contributed by atoms with Crippen LogP contribution in [0.3, 0.4) is 0 Å². The molecule has 2 spiro atoms. The van der Waals surface area contributed by atoms with Crippen LogP contribution in [0.2, 0.25) is 0 Å². The lowest BCUT2D eigenvalue weighted by Gasteiger charge is -2.41. The van der Waals surface area contributed by atoms with E-state index < -0.39 is 23.1 Å². The molecule has 4 fully saturated rings.